The van der Waals surface area contributed by atoms with Gasteiger partial charge in [-0.25, -0.2) is 0 Å². The Morgan fingerprint density at radius 3 is 3.00 bits per heavy atom. The first-order valence-corrected chi connectivity index (χ1v) is 5.74. The number of ether oxygens (including phenoxy) is 1. The van der Waals surface area contributed by atoms with E-state index < -0.39 is 0 Å². The fraction of sp³-hybridized carbons (Fsp3) is 0.308. The van der Waals surface area contributed by atoms with Gasteiger partial charge in [0.05, 0.1) is 24.6 Å². The molecule has 1 aliphatic rings. The molecule has 0 saturated heterocycles. The molecule has 1 aromatic carbocycles. The number of aromatic nitrogens is 2. The van der Waals surface area contributed by atoms with Crippen molar-refractivity contribution in [3.8, 4) is 5.69 Å². The summed E-state index contributed by atoms with van der Waals surface area (Å²) in [6, 6.07) is 7.99. The van der Waals surface area contributed by atoms with Crippen LogP contribution in [0.5, 0.6) is 0 Å². The van der Waals surface area contributed by atoms with Crippen LogP contribution in [0.4, 0.5) is 0 Å². The maximum absolute atomic E-state index is 11.8. The van der Waals surface area contributed by atoms with Gasteiger partial charge in [0.15, 0.2) is 0 Å². The van der Waals surface area contributed by atoms with Gasteiger partial charge in [0.1, 0.15) is 0 Å². The van der Waals surface area contributed by atoms with Gasteiger partial charge in [-0.05, 0) is 18.6 Å². The lowest BCUT2D eigenvalue weighted by Gasteiger charge is -2.15. The average Bonchev–Trinajstić information content (AvgIpc) is 2.68. The van der Waals surface area contributed by atoms with Crippen LogP contribution in [0.15, 0.2) is 29.1 Å². The summed E-state index contributed by atoms with van der Waals surface area (Å²) in [4.78, 5) is 11.8. The normalized spacial score (nSPS) is 14.6. The van der Waals surface area contributed by atoms with Crippen LogP contribution >= 0.6 is 0 Å². The molecule has 2 heterocycles. The Kier molecular flexibility index (Phi) is 2.37. The van der Waals surface area contributed by atoms with Gasteiger partial charge in [-0.15, -0.1) is 0 Å². The van der Waals surface area contributed by atoms with Crippen molar-refractivity contribution < 1.29 is 4.74 Å². The standard InChI is InChI=1S/C13H14N2O2/c1-9-4-2-3-5-11(9)15-12-8-17-7-6-10(12)13(16)14-15/h2-5H,6-8H2,1H3,(H,14,16). The molecule has 0 atom stereocenters. The number of H-pyrrole nitrogens is 1. The quantitative estimate of drug-likeness (QED) is 0.808. The highest BCUT2D eigenvalue weighted by molar-refractivity contribution is 5.42. The molecule has 0 aliphatic carbocycles. The van der Waals surface area contributed by atoms with Crippen LogP contribution < -0.4 is 5.56 Å². The Balaban J connectivity index is 2.22. The van der Waals surface area contributed by atoms with E-state index >= 15 is 0 Å². The van der Waals surface area contributed by atoms with Crippen molar-refractivity contribution in [1.82, 2.24) is 9.78 Å². The molecule has 0 spiro atoms. The molecule has 1 aromatic heterocycles. The van der Waals surface area contributed by atoms with Crippen LogP contribution in [-0.2, 0) is 17.8 Å². The highest BCUT2D eigenvalue weighted by Gasteiger charge is 2.19. The van der Waals surface area contributed by atoms with Crippen molar-refractivity contribution in [2.75, 3.05) is 6.61 Å². The van der Waals surface area contributed by atoms with E-state index in [1.54, 1.807) is 0 Å². The predicted molar refractivity (Wildman–Crippen MR) is 64.5 cm³/mol. The Labute approximate surface area is 98.8 Å². The first kappa shape index (κ1) is 10.4. The fourth-order valence-corrected chi connectivity index (χ4v) is 2.28. The summed E-state index contributed by atoms with van der Waals surface area (Å²) in [5.41, 5.74) is 3.96. The smallest absolute Gasteiger partial charge is 0.268 e. The molecule has 4 nitrogen and oxygen atoms in total. The van der Waals surface area contributed by atoms with E-state index in [9.17, 15) is 4.79 Å². The Morgan fingerprint density at radius 2 is 2.18 bits per heavy atom. The van der Waals surface area contributed by atoms with Crippen LogP contribution in [0.25, 0.3) is 5.69 Å². The first-order chi connectivity index (χ1) is 8.27. The highest BCUT2D eigenvalue weighted by atomic mass is 16.5. The van der Waals surface area contributed by atoms with E-state index in [1.165, 1.54) is 0 Å². The van der Waals surface area contributed by atoms with Crippen LogP contribution in [-0.4, -0.2) is 16.4 Å². The van der Waals surface area contributed by atoms with E-state index in [1.807, 2.05) is 35.9 Å². The Morgan fingerprint density at radius 1 is 1.35 bits per heavy atom. The van der Waals surface area contributed by atoms with Crippen molar-refractivity contribution in [2.24, 2.45) is 0 Å². The molecule has 0 bridgehead atoms. The zero-order chi connectivity index (χ0) is 11.8. The minimum atomic E-state index is 0.00607. The third kappa shape index (κ3) is 1.61. The number of para-hydroxylation sites is 1. The minimum Gasteiger partial charge on any atom is -0.375 e. The zero-order valence-electron chi connectivity index (χ0n) is 9.69. The lowest BCUT2D eigenvalue weighted by atomic mass is 10.1. The second kappa shape index (κ2) is 3.89. The molecule has 0 radical (unpaired) electrons. The average molecular weight is 230 g/mol. The van der Waals surface area contributed by atoms with Crippen LogP contribution in [0, 0.1) is 6.92 Å². The van der Waals surface area contributed by atoms with Crippen LogP contribution in [0.2, 0.25) is 0 Å². The Bertz CT molecular complexity index is 610. The predicted octanol–water partition coefficient (Wildman–Crippen LogP) is 1.55. The molecule has 0 amide bonds. The third-order valence-electron chi connectivity index (χ3n) is 3.20. The summed E-state index contributed by atoms with van der Waals surface area (Å²) in [5, 5.41) is 2.89. The van der Waals surface area contributed by atoms with Crippen molar-refractivity contribution >= 4 is 0 Å². The molecule has 0 saturated carbocycles. The number of hydrogen-bond acceptors (Lipinski definition) is 2. The molecule has 0 unspecified atom stereocenters. The third-order valence-corrected chi connectivity index (χ3v) is 3.20. The first-order valence-electron chi connectivity index (χ1n) is 5.74. The summed E-state index contributed by atoms with van der Waals surface area (Å²) in [7, 11) is 0. The SMILES string of the molecule is Cc1ccccc1-n1[nH]c(=O)c2c1COCC2. The second-order valence-corrected chi connectivity index (χ2v) is 4.29. The van der Waals surface area contributed by atoms with Crippen molar-refractivity contribution in [1.29, 1.82) is 0 Å². The number of rotatable bonds is 1. The zero-order valence-corrected chi connectivity index (χ0v) is 9.69. The molecule has 2 aromatic rings. The number of fused-ring (bicyclic) bond motifs is 1. The van der Waals surface area contributed by atoms with Crippen molar-refractivity contribution in [2.45, 2.75) is 20.0 Å². The highest BCUT2D eigenvalue weighted by Crippen LogP contribution is 2.19. The maximum atomic E-state index is 11.8. The monoisotopic (exact) mass is 230 g/mol. The van der Waals surface area contributed by atoms with Gasteiger partial charge >= 0.3 is 0 Å². The van der Waals surface area contributed by atoms with Crippen LogP contribution in [0.3, 0.4) is 0 Å². The molecule has 1 aliphatic heterocycles. The minimum absolute atomic E-state index is 0.00607. The summed E-state index contributed by atoms with van der Waals surface area (Å²) in [6.45, 7) is 3.17. The molecule has 0 fully saturated rings. The van der Waals surface area contributed by atoms with Crippen molar-refractivity contribution in [3.05, 3.63) is 51.4 Å². The summed E-state index contributed by atoms with van der Waals surface area (Å²) >= 11 is 0. The van der Waals surface area contributed by atoms with E-state index in [4.69, 9.17) is 4.74 Å². The number of nitrogens with one attached hydrogen (secondary N) is 1. The number of nitrogens with zero attached hydrogens (tertiary/aromatic N) is 1. The summed E-state index contributed by atoms with van der Waals surface area (Å²) in [5.74, 6) is 0. The molecule has 1 N–H and O–H groups in total. The number of benzene rings is 1. The number of hydrogen-bond donors (Lipinski definition) is 1. The van der Waals surface area contributed by atoms with Gasteiger partial charge in [0, 0.05) is 12.0 Å². The topological polar surface area (TPSA) is 47.0 Å². The lowest BCUT2D eigenvalue weighted by Crippen LogP contribution is -2.15. The van der Waals surface area contributed by atoms with Gasteiger partial charge in [0.2, 0.25) is 0 Å². The second-order valence-electron chi connectivity index (χ2n) is 4.29. The van der Waals surface area contributed by atoms with E-state index in [-0.39, 0.29) is 5.56 Å². The lowest BCUT2D eigenvalue weighted by molar-refractivity contribution is 0.106. The van der Waals surface area contributed by atoms with Gasteiger partial charge < -0.3 is 4.74 Å². The molecular formula is C13H14N2O2. The van der Waals surface area contributed by atoms with E-state index in [0.717, 1.165) is 22.5 Å². The van der Waals surface area contributed by atoms with Gasteiger partial charge in [-0.1, -0.05) is 18.2 Å². The number of aromatic amines is 1. The Hall–Kier alpha value is -1.81. The van der Waals surface area contributed by atoms with E-state index in [0.29, 0.717) is 19.6 Å². The van der Waals surface area contributed by atoms with Gasteiger partial charge in [-0.3, -0.25) is 14.6 Å². The summed E-state index contributed by atoms with van der Waals surface area (Å²) in [6.07, 6.45) is 0.698. The van der Waals surface area contributed by atoms with Crippen molar-refractivity contribution in [3.63, 3.8) is 0 Å². The molecule has 17 heavy (non-hydrogen) atoms. The van der Waals surface area contributed by atoms with Crippen LogP contribution in [0.1, 0.15) is 16.8 Å². The maximum Gasteiger partial charge on any atom is 0.268 e. The molecular weight excluding hydrogens is 216 g/mol. The van der Waals surface area contributed by atoms with Gasteiger partial charge in [0.25, 0.3) is 5.56 Å². The number of aryl methyl sites for hydroxylation is 1. The largest absolute Gasteiger partial charge is 0.375 e. The molecule has 88 valence electrons. The molecule has 4 heteroatoms. The summed E-state index contributed by atoms with van der Waals surface area (Å²) < 4.78 is 7.28. The van der Waals surface area contributed by atoms with Gasteiger partial charge in [-0.2, -0.15) is 0 Å². The fourth-order valence-electron chi connectivity index (χ4n) is 2.28. The van der Waals surface area contributed by atoms with E-state index in [2.05, 4.69) is 5.10 Å². The molecule has 3 rings (SSSR count).